The predicted molar refractivity (Wildman–Crippen MR) is 98.1 cm³/mol. The number of amides is 1. The molecule has 1 aliphatic heterocycles. The van der Waals surface area contributed by atoms with Crippen LogP contribution in [-0.2, 0) is 17.8 Å². The molecule has 5 nitrogen and oxygen atoms in total. The SMILES string of the molecule is Cc1nn(CC(C)C)c(C)c1CC(=O)NCCN1CCCC[C@H]1C. The smallest absolute Gasteiger partial charge is 0.224 e. The Labute approximate surface area is 146 Å². The molecule has 0 unspecified atom stereocenters. The fourth-order valence-electron chi connectivity index (χ4n) is 3.57. The molecule has 0 radical (unpaired) electrons. The fraction of sp³-hybridized carbons (Fsp3) is 0.789. The van der Waals surface area contributed by atoms with Crippen LogP contribution in [0.15, 0.2) is 0 Å². The summed E-state index contributed by atoms with van der Waals surface area (Å²) in [6, 6.07) is 0.648. The molecule has 136 valence electrons. The molecular weight excluding hydrogens is 300 g/mol. The van der Waals surface area contributed by atoms with Gasteiger partial charge in [-0.2, -0.15) is 5.10 Å². The third kappa shape index (κ3) is 5.07. The number of nitrogens with one attached hydrogen (secondary N) is 1. The van der Waals surface area contributed by atoms with Gasteiger partial charge in [-0.1, -0.05) is 20.3 Å². The summed E-state index contributed by atoms with van der Waals surface area (Å²) in [4.78, 5) is 14.8. The highest BCUT2D eigenvalue weighted by molar-refractivity contribution is 5.79. The minimum Gasteiger partial charge on any atom is -0.355 e. The van der Waals surface area contributed by atoms with E-state index in [1.165, 1.54) is 19.3 Å². The number of carbonyl (C=O) groups is 1. The van der Waals surface area contributed by atoms with E-state index in [0.717, 1.165) is 43.1 Å². The standard InChI is InChI=1S/C19H34N4O/c1-14(2)13-23-17(5)18(16(4)21-23)12-19(24)20-9-11-22-10-7-6-8-15(22)3/h14-15H,6-13H2,1-5H3,(H,20,24)/t15-/m1/s1. The first-order chi connectivity index (χ1) is 11.4. The Kier molecular flexibility index (Phi) is 6.84. The Morgan fingerprint density at radius 3 is 2.75 bits per heavy atom. The molecule has 1 aromatic rings. The first-order valence-corrected chi connectivity index (χ1v) is 9.42. The van der Waals surface area contributed by atoms with E-state index >= 15 is 0 Å². The molecule has 24 heavy (non-hydrogen) atoms. The Morgan fingerprint density at radius 1 is 1.33 bits per heavy atom. The van der Waals surface area contributed by atoms with Crippen LogP contribution in [0.1, 0.15) is 57.0 Å². The number of carbonyl (C=O) groups excluding carboxylic acids is 1. The van der Waals surface area contributed by atoms with Gasteiger partial charge in [0.25, 0.3) is 0 Å². The molecule has 1 aliphatic rings. The molecule has 1 fully saturated rings. The average Bonchev–Trinajstić information content (AvgIpc) is 2.76. The summed E-state index contributed by atoms with van der Waals surface area (Å²) in [7, 11) is 0. The van der Waals surface area contributed by atoms with E-state index in [4.69, 9.17) is 0 Å². The summed E-state index contributed by atoms with van der Waals surface area (Å²) < 4.78 is 2.04. The van der Waals surface area contributed by atoms with Crippen molar-refractivity contribution >= 4 is 5.91 Å². The Bertz CT molecular complexity index is 550. The molecule has 1 aromatic heterocycles. The van der Waals surface area contributed by atoms with Gasteiger partial charge in [-0.3, -0.25) is 14.4 Å². The number of aromatic nitrogens is 2. The van der Waals surface area contributed by atoms with Crippen molar-refractivity contribution in [3.63, 3.8) is 0 Å². The maximum absolute atomic E-state index is 12.3. The second-order valence-electron chi connectivity index (χ2n) is 7.63. The van der Waals surface area contributed by atoms with E-state index in [2.05, 4.69) is 43.0 Å². The monoisotopic (exact) mass is 334 g/mol. The number of hydrogen-bond acceptors (Lipinski definition) is 3. The summed E-state index contributed by atoms with van der Waals surface area (Å²) in [5.41, 5.74) is 3.19. The van der Waals surface area contributed by atoms with Crippen LogP contribution in [0.25, 0.3) is 0 Å². The van der Waals surface area contributed by atoms with Gasteiger partial charge < -0.3 is 5.32 Å². The largest absolute Gasteiger partial charge is 0.355 e. The molecule has 1 atom stereocenters. The Morgan fingerprint density at radius 2 is 2.08 bits per heavy atom. The van der Waals surface area contributed by atoms with Crippen LogP contribution in [0.2, 0.25) is 0 Å². The van der Waals surface area contributed by atoms with E-state index in [9.17, 15) is 4.79 Å². The van der Waals surface area contributed by atoms with Crippen LogP contribution >= 0.6 is 0 Å². The molecule has 1 saturated heterocycles. The second kappa shape index (κ2) is 8.65. The molecule has 0 aromatic carbocycles. The maximum Gasteiger partial charge on any atom is 0.224 e. The first-order valence-electron chi connectivity index (χ1n) is 9.42. The highest BCUT2D eigenvalue weighted by atomic mass is 16.1. The van der Waals surface area contributed by atoms with Crippen LogP contribution in [0.5, 0.6) is 0 Å². The van der Waals surface area contributed by atoms with E-state index in [0.29, 0.717) is 18.4 Å². The van der Waals surface area contributed by atoms with Crippen molar-refractivity contribution < 1.29 is 4.79 Å². The number of piperidine rings is 1. The van der Waals surface area contributed by atoms with E-state index in [1.54, 1.807) is 0 Å². The summed E-state index contributed by atoms with van der Waals surface area (Å²) in [5, 5.41) is 7.68. The molecule has 2 rings (SSSR count). The maximum atomic E-state index is 12.3. The molecule has 1 amide bonds. The lowest BCUT2D eigenvalue weighted by molar-refractivity contribution is -0.120. The van der Waals surface area contributed by atoms with Gasteiger partial charge >= 0.3 is 0 Å². The predicted octanol–water partition coefficient (Wildman–Crippen LogP) is 2.69. The van der Waals surface area contributed by atoms with Crippen LogP contribution in [0.3, 0.4) is 0 Å². The van der Waals surface area contributed by atoms with Crippen molar-refractivity contribution in [3.05, 3.63) is 17.0 Å². The molecule has 0 aliphatic carbocycles. The zero-order valence-electron chi connectivity index (χ0n) is 16.1. The minimum absolute atomic E-state index is 0.106. The van der Waals surface area contributed by atoms with Gasteiger partial charge in [0.1, 0.15) is 0 Å². The third-order valence-corrected chi connectivity index (χ3v) is 5.07. The van der Waals surface area contributed by atoms with Crippen molar-refractivity contribution in [2.75, 3.05) is 19.6 Å². The molecule has 0 saturated carbocycles. The second-order valence-corrected chi connectivity index (χ2v) is 7.63. The van der Waals surface area contributed by atoms with Gasteiger partial charge in [-0.05, 0) is 46.1 Å². The van der Waals surface area contributed by atoms with E-state index in [1.807, 2.05) is 11.6 Å². The molecular formula is C19H34N4O. The minimum atomic E-state index is 0.106. The number of likely N-dealkylation sites (tertiary alicyclic amines) is 1. The topological polar surface area (TPSA) is 50.2 Å². The number of rotatable bonds is 7. The number of aryl methyl sites for hydroxylation is 1. The van der Waals surface area contributed by atoms with Crippen LogP contribution < -0.4 is 5.32 Å². The van der Waals surface area contributed by atoms with Crippen LogP contribution in [-0.4, -0.2) is 46.3 Å². The normalized spacial score (nSPS) is 19.0. The van der Waals surface area contributed by atoms with Gasteiger partial charge in [-0.25, -0.2) is 0 Å². The highest BCUT2D eigenvalue weighted by Crippen LogP contribution is 2.16. The molecule has 1 N–H and O–H groups in total. The van der Waals surface area contributed by atoms with Gasteiger partial charge in [0.05, 0.1) is 12.1 Å². The van der Waals surface area contributed by atoms with E-state index in [-0.39, 0.29) is 5.91 Å². The summed E-state index contributed by atoms with van der Waals surface area (Å²) in [6.45, 7) is 14.5. The van der Waals surface area contributed by atoms with Crippen molar-refractivity contribution in [1.82, 2.24) is 20.0 Å². The van der Waals surface area contributed by atoms with E-state index < -0.39 is 0 Å². The van der Waals surface area contributed by atoms with Crippen molar-refractivity contribution in [2.24, 2.45) is 5.92 Å². The first kappa shape index (κ1) is 19.0. The van der Waals surface area contributed by atoms with Crippen molar-refractivity contribution in [3.8, 4) is 0 Å². The zero-order valence-corrected chi connectivity index (χ0v) is 16.1. The quantitative estimate of drug-likeness (QED) is 0.834. The molecule has 2 heterocycles. The van der Waals surface area contributed by atoms with Crippen molar-refractivity contribution in [1.29, 1.82) is 0 Å². The highest BCUT2D eigenvalue weighted by Gasteiger charge is 2.18. The fourth-order valence-corrected chi connectivity index (χ4v) is 3.57. The van der Waals surface area contributed by atoms with Crippen LogP contribution in [0, 0.1) is 19.8 Å². The van der Waals surface area contributed by atoms with Gasteiger partial charge in [0.2, 0.25) is 5.91 Å². The lowest BCUT2D eigenvalue weighted by Crippen LogP contribution is -2.42. The van der Waals surface area contributed by atoms with Gasteiger partial charge in [0.15, 0.2) is 0 Å². The Hall–Kier alpha value is -1.36. The molecule has 5 heteroatoms. The molecule has 0 spiro atoms. The zero-order chi connectivity index (χ0) is 17.7. The van der Waals surface area contributed by atoms with Gasteiger partial charge in [-0.15, -0.1) is 0 Å². The van der Waals surface area contributed by atoms with Crippen LogP contribution in [0.4, 0.5) is 0 Å². The van der Waals surface area contributed by atoms with Crippen molar-refractivity contribution in [2.45, 2.75) is 72.9 Å². The van der Waals surface area contributed by atoms with Gasteiger partial charge in [0, 0.05) is 36.9 Å². The lowest BCUT2D eigenvalue weighted by Gasteiger charge is -2.33. The molecule has 0 bridgehead atoms. The Balaban J connectivity index is 1.83. The third-order valence-electron chi connectivity index (χ3n) is 5.07. The number of hydrogen-bond donors (Lipinski definition) is 1. The number of nitrogens with zero attached hydrogens (tertiary/aromatic N) is 3. The average molecular weight is 335 g/mol. The summed E-state index contributed by atoms with van der Waals surface area (Å²) in [5.74, 6) is 0.658. The summed E-state index contributed by atoms with van der Waals surface area (Å²) in [6.07, 6.45) is 4.33. The summed E-state index contributed by atoms with van der Waals surface area (Å²) >= 11 is 0. The lowest BCUT2D eigenvalue weighted by atomic mass is 10.0.